The number of carbonyl (C=O) groups excluding carboxylic acids is 2. The van der Waals surface area contributed by atoms with E-state index in [1.165, 1.54) is 18.2 Å². The lowest BCUT2D eigenvalue weighted by Crippen LogP contribution is -2.55. The van der Waals surface area contributed by atoms with Crippen LogP contribution in [0.5, 0.6) is 0 Å². The highest BCUT2D eigenvalue weighted by molar-refractivity contribution is 7.81. The van der Waals surface area contributed by atoms with Gasteiger partial charge in [-0.15, -0.1) is 12.6 Å². The third-order valence-electron chi connectivity index (χ3n) is 7.53. The summed E-state index contributed by atoms with van der Waals surface area (Å²) in [5, 5.41) is 11.8. The molecule has 41 heavy (non-hydrogen) atoms. The van der Waals surface area contributed by atoms with Gasteiger partial charge < -0.3 is 10.2 Å². The Morgan fingerprint density at radius 1 is 1.15 bits per heavy atom. The summed E-state index contributed by atoms with van der Waals surface area (Å²) in [4.78, 5) is 32.6. The normalized spacial score (nSPS) is 17.9. The molecule has 0 radical (unpaired) electrons. The molecule has 2 fully saturated rings. The summed E-state index contributed by atoms with van der Waals surface area (Å²) in [5.74, 6) is -1.88. The number of nitrogens with one attached hydrogen (secondary N) is 1. The molecule has 2 aliphatic rings. The van der Waals surface area contributed by atoms with Crippen molar-refractivity contribution in [1.29, 1.82) is 5.26 Å². The van der Waals surface area contributed by atoms with Gasteiger partial charge >= 0.3 is 6.18 Å². The highest BCUT2D eigenvalue weighted by atomic mass is 32.1. The van der Waals surface area contributed by atoms with Crippen LogP contribution < -0.4 is 15.1 Å². The zero-order valence-electron chi connectivity index (χ0n) is 21.7. The van der Waals surface area contributed by atoms with Gasteiger partial charge in [0.25, 0.3) is 11.8 Å². The van der Waals surface area contributed by atoms with Crippen LogP contribution in [0.4, 0.5) is 28.9 Å². The molecule has 1 aromatic heterocycles. The van der Waals surface area contributed by atoms with E-state index in [1.807, 2.05) is 30.3 Å². The van der Waals surface area contributed by atoms with Gasteiger partial charge in [0.15, 0.2) is 11.2 Å². The van der Waals surface area contributed by atoms with E-state index in [4.69, 9.17) is 5.26 Å². The first-order chi connectivity index (χ1) is 19.6. The average Bonchev–Trinajstić information content (AvgIpc) is 3.17. The molecule has 1 N–H and O–H groups in total. The predicted octanol–water partition coefficient (Wildman–Crippen LogP) is 5.46. The number of aryl methyl sites for hydroxylation is 1. The Kier molecular flexibility index (Phi) is 7.66. The first-order valence-electron chi connectivity index (χ1n) is 13.0. The molecule has 212 valence electrons. The highest BCUT2D eigenvalue weighted by Gasteiger charge is 2.60. The van der Waals surface area contributed by atoms with Crippen molar-refractivity contribution in [3.05, 3.63) is 89.0 Å². The van der Waals surface area contributed by atoms with Crippen LogP contribution in [0.25, 0.3) is 0 Å². The Morgan fingerprint density at radius 2 is 1.88 bits per heavy atom. The van der Waals surface area contributed by atoms with E-state index >= 15 is 4.39 Å². The number of benzene rings is 2. The topological polar surface area (TPSA) is 89.3 Å². The van der Waals surface area contributed by atoms with Crippen molar-refractivity contribution >= 4 is 35.8 Å². The van der Waals surface area contributed by atoms with Gasteiger partial charge in [0.05, 0.1) is 23.0 Å². The van der Waals surface area contributed by atoms with Crippen molar-refractivity contribution in [1.82, 2.24) is 10.3 Å². The van der Waals surface area contributed by atoms with Crippen molar-refractivity contribution in [2.75, 3.05) is 16.3 Å². The summed E-state index contributed by atoms with van der Waals surface area (Å²) in [6.45, 7) is 0.352. The number of pyridine rings is 1. The molecule has 3 aromatic rings. The first-order valence-corrected chi connectivity index (χ1v) is 13.5. The van der Waals surface area contributed by atoms with Gasteiger partial charge in [-0.3, -0.25) is 14.5 Å². The van der Waals surface area contributed by atoms with Gasteiger partial charge in [-0.2, -0.15) is 18.4 Å². The molecule has 1 spiro atoms. The highest BCUT2D eigenvalue weighted by Crippen LogP contribution is 2.50. The van der Waals surface area contributed by atoms with Crippen molar-refractivity contribution in [3.8, 4) is 6.07 Å². The maximum atomic E-state index is 15.2. The molecule has 1 atom stereocenters. The van der Waals surface area contributed by atoms with E-state index < -0.39 is 46.1 Å². The molecule has 1 unspecified atom stereocenters. The maximum Gasteiger partial charge on any atom is 0.419 e. The first kappa shape index (κ1) is 28.4. The fraction of sp³-hybridized carbons (Fsp3) is 0.310. The summed E-state index contributed by atoms with van der Waals surface area (Å²) < 4.78 is 56.0. The van der Waals surface area contributed by atoms with Crippen LogP contribution >= 0.6 is 12.6 Å². The van der Waals surface area contributed by atoms with Crippen LogP contribution in [-0.2, 0) is 17.4 Å². The second-order valence-electron chi connectivity index (χ2n) is 9.99. The van der Waals surface area contributed by atoms with Crippen LogP contribution in [0.2, 0.25) is 0 Å². The van der Waals surface area contributed by atoms with E-state index in [2.05, 4.69) is 22.9 Å². The molecule has 0 bridgehead atoms. The van der Waals surface area contributed by atoms with Gasteiger partial charge in [0.1, 0.15) is 17.4 Å². The van der Waals surface area contributed by atoms with E-state index in [1.54, 1.807) is 4.90 Å². The molecule has 7 nitrogen and oxygen atoms in total. The van der Waals surface area contributed by atoms with Crippen molar-refractivity contribution < 1.29 is 27.2 Å². The number of aromatic nitrogens is 1. The number of thiol groups is 1. The second-order valence-corrected chi connectivity index (χ2v) is 10.4. The zero-order valence-corrected chi connectivity index (χ0v) is 22.6. The number of amides is 2. The van der Waals surface area contributed by atoms with Crippen LogP contribution in [-0.4, -0.2) is 34.4 Å². The summed E-state index contributed by atoms with van der Waals surface area (Å²) in [5.41, 5.74) is -3.25. The SMILES string of the molecule is N#Cc1ncc(N2C(=O)C3(CCC3)N(c3ccc(C(=O)NCCCc4ccccc4)c(F)c3)C2S)cc1C(F)(F)F. The molecule has 5 rings (SSSR count). The number of nitrogens with zero attached hydrogens (tertiary/aromatic N) is 4. The van der Waals surface area contributed by atoms with Crippen molar-refractivity contribution in [3.63, 3.8) is 0 Å². The quantitative estimate of drug-likeness (QED) is 0.219. The number of rotatable bonds is 7. The number of anilines is 2. The molecule has 2 aromatic carbocycles. The van der Waals surface area contributed by atoms with Crippen molar-refractivity contribution in [2.24, 2.45) is 0 Å². The number of nitriles is 1. The smallest absolute Gasteiger partial charge is 0.352 e. The summed E-state index contributed by atoms with van der Waals surface area (Å²) in [7, 11) is 0. The number of alkyl halides is 3. The molecule has 1 saturated heterocycles. The molecule has 1 aliphatic heterocycles. The fourth-order valence-electron chi connectivity index (χ4n) is 5.33. The van der Waals surface area contributed by atoms with Gasteiger partial charge in [-0.25, -0.2) is 9.37 Å². The minimum absolute atomic E-state index is 0.166. The number of hydrogen-bond donors (Lipinski definition) is 2. The Labute approximate surface area is 239 Å². The van der Waals surface area contributed by atoms with Crippen LogP contribution in [0.1, 0.15) is 52.9 Å². The third kappa shape index (κ3) is 5.22. The summed E-state index contributed by atoms with van der Waals surface area (Å²) in [6.07, 6.45) is -0.949. The van der Waals surface area contributed by atoms with Gasteiger partial charge in [-0.1, -0.05) is 30.3 Å². The molecule has 2 heterocycles. The van der Waals surface area contributed by atoms with Gasteiger partial charge in [-0.05, 0) is 61.9 Å². The number of halogens is 4. The molecule has 1 saturated carbocycles. The summed E-state index contributed by atoms with van der Waals surface area (Å²) >= 11 is 4.56. The second kappa shape index (κ2) is 11.0. The Hall–Kier alpha value is -4.11. The van der Waals surface area contributed by atoms with Gasteiger partial charge in [0, 0.05) is 12.2 Å². The Morgan fingerprint density at radius 3 is 2.49 bits per heavy atom. The molecular formula is C29H25F4N5O2S. The fourth-order valence-corrected chi connectivity index (χ4v) is 5.92. The standard InChI is InChI=1S/C29H25F4N5O2S/c30-23-15-19(9-10-21(23)25(39)35-13-4-8-18-6-2-1-3-7-18)38-27(41)37(26(40)28(38)11-5-12-28)20-14-22(29(31,32)33)24(16-34)36-17-20/h1-3,6-7,9-10,14-15,17,27,41H,4-5,8,11-13H2,(H,35,39). The van der Waals surface area contributed by atoms with Crippen LogP contribution in [0.3, 0.4) is 0 Å². The molecule has 1 aliphatic carbocycles. The van der Waals surface area contributed by atoms with E-state index in [-0.39, 0.29) is 16.9 Å². The third-order valence-corrected chi connectivity index (χ3v) is 7.99. The largest absolute Gasteiger partial charge is 0.419 e. The lowest BCUT2D eigenvalue weighted by Gasteiger charge is -2.44. The van der Waals surface area contributed by atoms with Gasteiger partial charge in [0.2, 0.25) is 0 Å². The predicted molar refractivity (Wildman–Crippen MR) is 147 cm³/mol. The van der Waals surface area contributed by atoms with E-state index in [9.17, 15) is 22.8 Å². The van der Waals surface area contributed by atoms with Crippen LogP contribution in [0, 0.1) is 17.1 Å². The maximum absolute atomic E-state index is 15.2. The Bertz CT molecular complexity index is 1520. The minimum Gasteiger partial charge on any atom is -0.352 e. The zero-order chi connectivity index (χ0) is 29.4. The summed E-state index contributed by atoms with van der Waals surface area (Å²) in [6, 6.07) is 15.8. The lowest BCUT2D eigenvalue weighted by atomic mass is 9.75. The molecule has 2 amide bonds. The minimum atomic E-state index is -4.86. The van der Waals surface area contributed by atoms with E-state index in [0.717, 1.165) is 29.1 Å². The number of carbonyl (C=O) groups is 2. The lowest BCUT2D eigenvalue weighted by molar-refractivity contribution is -0.138. The van der Waals surface area contributed by atoms with E-state index in [0.29, 0.717) is 38.3 Å². The molecular weight excluding hydrogens is 558 g/mol. The number of hydrogen-bond acceptors (Lipinski definition) is 6. The average molecular weight is 584 g/mol. The Balaban J connectivity index is 1.36. The van der Waals surface area contributed by atoms with Crippen molar-refractivity contribution in [2.45, 2.75) is 49.3 Å². The monoisotopic (exact) mass is 583 g/mol. The van der Waals surface area contributed by atoms with Crippen LogP contribution in [0.15, 0.2) is 60.8 Å². The molecule has 12 heteroatoms.